The normalized spacial score (nSPS) is 27.5. The molecule has 4 atom stereocenters. The van der Waals surface area contributed by atoms with E-state index >= 15 is 0 Å². The Kier molecular flexibility index (Phi) is 6.16. The number of halogens is 3. The maximum Gasteiger partial charge on any atom is 0.417 e. The molecule has 2 aromatic rings. The lowest BCUT2D eigenvalue weighted by Gasteiger charge is -2.29. The number of hydrogen-bond donors (Lipinski definition) is 1. The highest BCUT2D eigenvalue weighted by atomic mass is 32.2. The minimum Gasteiger partial charge on any atom is -0.359 e. The molecule has 196 valence electrons. The number of alkyl halides is 3. The molecule has 38 heavy (non-hydrogen) atoms. The lowest BCUT2D eigenvalue weighted by atomic mass is 9.71. The van der Waals surface area contributed by atoms with E-state index in [9.17, 15) is 27.6 Å². The van der Waals surface area contributed by atoms with Gasteiger partial charge in [0, 0.05) is 23.3 Å². The zero-order valence-electron chi connectivity index (χ0n) is 20.3. The number of ether oxygens (including phenoxy) is 1. The zero-order valence-corrected chi connectivity index (χ0v) is 21.2. The standard InChI is InChI=1S/C27H22F3N3O4S/c1-15(34)32-17-4-7-19(8-5-17)38-12-11-26-10-9-25(2,37-26)21-22(26)24(36)33(23(21)35)18-6-3-16(14-31)20(13-18)27(28,29)30/h3-10,13,21-22H,11-12H2,1-2H3,(H,32,34)/t21-,22+,25?,26?/m0/s1. The number of hydrogen-bond acceptors (Lipinski definition) is 6. The van der Waals surface area contributed by atoms with Crippen molar-refractivity contribution in [2.75, 3.05) is 16.0 Å². The molecule has 7 nitrogen and oxygen atoms in total. The third-order valence-corrected chi connectivity index (χ3v) is 8.19. The highest BCUT2D eigenvalue weighted by Crippen LogP contribution is 2.59. The molecule has 0 aliphatic carbocycles. The van der Waals surface area contributed by atoms with E-state index in [-0.39, 0.29) is 11.6 Å². The van der Waals surface area contributed by atoms with Gasteiger partial charge in [-0.1, -0.05) is 12.2 Å². The van der Waals surface area contributed by atoms with E-state index in [0.29, 0.717) is 23.9 Å². The van der Waals surface area contributed by atoms with Crippen molar-refractivity contribution in [1.82, 2.24) is 0 Å². The lowest BCUT2D eigenvalue weighted by Crippen LogP contribution is -2.41. The Hall–Kier alpha value is -3.62. The molecule has 1 N–H and O–H groups in total. The number of fused-ring (bicyclic) bond motifs is 5. The molecule has 3 aliphatic heterocycles. The molecule has 3 amide bonds. The van der Waals surface area contributed by atoms with Gasteiger partial charge in [-0.05, 0) is 55.8 Å². The molecule has 2 fully saturated rings. The Morgan fingerprint density at radius 3 is 2.45 bits per heavy atom. The molecular formula is C27H22F3N3O4S. The second kappa shape index (κ2) is 8.99. The Balaban J connectivity index is 1.38. The molecule has 5 rings (SSSR count). The molecule has 0 radical (unpaired) electrons. The number of amides is 3. The van der Waals surface area contributed by atoms with Gasteiger partial charge in [-0.15, -0.1) is 11.8 Å². The largest absolute Gasteiger partial charge is 0.417 e. The highest BCUT2D eigenvalue weighted by Gasteiger charge is 2.71. The van der Waals surface area contributed by atoms with Crippen LogP contribution in [0.4, 0.5) is 24.5 Å². The summed E-state index contributed by atoms with van der Waals surface area (Å²) in [5.74, 6) is -2.61. The van der Waals surface area contributed by atoms with E-state index in [2.05, 4.69) is 5.32 Å². The predicted molar refractivity (Wildman–Crippen MR) is 133 cm³/mol. The monoisotopic (exact) mass is 541 g/mol. The van der Waals surface area contributed by atoms with Crippen molar-refractivity contribution in [2.45, 2.75) is 42.5 Å². The van der Waals surface area contributed by atoms with Gasteiger partial charge in [0.2, 0.25) is 17.7 Å². The summed E-state index contributed by atoms with van der Waals surface area (Å²) in [4.78, 5) is 40.0. The summed E-state index contributed by atoms with van der Waals surface area (Å²) in [6.07, 6.45) is -0.873. The number of carbonyl (C=O) groups is 3. The van der Waals surface area contributed by atoms with E-state index in [1.54, 1.807) is 31.2 Å². The van der Waals surface area contributed by atoms with Crippen molar-refractivity contribution >= 4 is 40.9 Å². The maximum atomic E-state index is 13.6. The van der Waals surface area contributed by atoms with Gasteiger partial charge in [-0.3, -0.25) is 14.4 Å². The number of nitriles is 1. The molecule has 3 heterocycles. The summed E-state index contributed by atoms with van der Waals surface area (Å²) in [6, 6.07) is 11.6. The van der Waals surface area contributed by atoms with Crippen molar-refractivity contribution in [3.8, 4) is 6.07 Å². The Morgan fingerprint density at radius 2 is 1.82 bits per heavy atom. The van der Waals surface area contributed by atoms with Crippen LogP contribution in [-0.4, -0.2) is 34.7 Å². The van der Waals surface area contributed by atoms with Crippen LogP contribution in [-0.2, 0) is 25.3 Å². The maximum absolute atomic E-state index is 13.6. The highest BCUT2D eigenvalue weighted by molar-refractivity contribution is 7.99. The van der Waals surface area contributed by atoms with E-state index in [0.717, 1.165) is 15.9 Å². The van der Waals surface area contributed by atoms with Crippen LogP contribution in [0.5, 0.6) is 0 Å². The molecule has 11 heteroatoms. The second-order valence-electron chi connectivity index (χ2n) is 9.68. The minimum absolute atomic E-state index is 0.172. The Bertz CT molecular complexity index is 1420. The fraction of sp³-hybridized carbons (Fsp3) is 0.333. The van der Waals surface area contributed by atoms with Gasteiger partial charge >= 0.3 is 6.18 Å². The first-order valence-electron chi connectivity index (χ1n) is 11.8. The third kappa shape index (κ3) is 4.18. The van der Waals surface area contributed by atoms with Crippen LogP contribution in [0.3, 0.4) is 0 Å². The van der Waals surface area contributed by atoms with Gasteiger partial charge < -0.3 is 10.1 Å². The molecule has 0 saturated carbocycles. The summed E-state index contributed by atoms with van der Waals surface area (Å²) in [5.41, 5.74) is -3.46. The van der Waals surface area contributed by atoms with Gasteiger partial charge in [-0.25, -0.2) is 4.90 Å². The molecule has 2 bridgehead atoms. The molecular weight excluding hydrogens is 519 g/mol. The average Bonchev–Trinajstić information content (AvgIpc) is 3.43. The van der Waals surface area contributed by atoms with Crippen LogP contribution in [0.25, 0.3) is 0 Å². The van der Waals surface area contributed by atoms with Crippen LogP contribution in [0.2, 0.25) is 0 Å². The number of nitrogens with one attached hydrogen (secondary N) is 1. The summed E-state index contributed by atoms with van der Waals surface area (Å²) in [7, 11) is 0. The SMILES string of the molecule is CC(=O)Nc1ccc(SCCC23C=CC(C)(O2)[C@@H]2C(=O)N(c4ccc(C#N)c(C(F)(F)F)c4)C(=O)[C@@H]23)cc1. The Morgan fingerprint density at radius 1 is 1.13 bits per heavy atom. The summed E-state index contributed by atoms with van der Waals surface area (Å²) < 4.78 is 46.9. The van der Waals surface area contributed by atoms with Gasteiger partial charge in [0.05, 0.1) is 40.3 Å². The third-order valence-electron chi connectivity index (χ3n) is 7.18. The topological polar surface area (TPSA) is 99.5 Å². The number of imide groups is 1. The van der Waals surface area contributed by atoms with Crippen LogP contribution >= 0.6 is 11.8 Å². The van der Waals surface area contributed by atoms with Gasteiger partial charge in [0.15, 0.2) is 0 Å². The molecule has 0 aromatic heterocycles. The molecule has 0 spiro atoms. The van der Waals surface area contributed by atoms with Gasteiger partial charge in [0.25, 0.3) is 0 Å². The fourth-order valence-electron chi connectivity index (χ4n) is 5.57. The molecule has 2 unspecified atom stereocenters. The van der Waals surface area contributed by atoms with Crippen LogP contribution in [0.15, 0.2) is 59.5 Å². The molecule has 2 saturated heterocycles. The molecule has 3 aliphatic rings. The fourth-order valence-corrected chi connectivity index (χ4v) is 6.56. The van der Waals surface area contributed by atoms with Crippen LogP contribution in [0.1, 0.15) is 31.4 Å². The van der Waals surface area contributed by atoms with Crippen molar-refractivity contribution in [3.63, 3.8) is 0 Å². The number of rotatable bonds is 6. The zero-order chi connectivity index (χ0) is 27.5. The molecule has 2 aromatic carbocycles. The second-order valence-corrected chi connectivity index (χ2v) is 10.9. The number of thioether (sulfide) groups is 1. The van der Waals surface area contributed by atoms with Crippen molar-refractivity contribution < 1.29 is 32.3 Å². The van der Waals surface area contributed by atoms with E-state index in [1.165, 1.54) is 30.8 Å². The number of benzene rings is 2. The van der Waals surface area contributed by atoms with Crippen molar-refractivity contribution in [1.29, 1.82) is 5.26 Å². The van der Waals surface area contributed by atoms with Crippen molar-refractivity contribution in [3.05, 3.63) is 65.7 Å². The van der Waals surface area contributed by atoms with E-state index < -0.39 is 52.2 Å². The number of carbonyl (C=O) groups excluding carboxylic acids is 3. The van der Waals surface area contributed by atoms with Gasteiger partial charge in [0.1, 0.15) is 5.60 Å². The van der Waals surface area contributed by atoms with E-state index in [1.807, 2.05) is 12.1 Å². The summed E-state index contributed by atoms with van der Waals surface area (Å²) in [5, 5.41) is 11.8. The summed E-state index contributed by atoms with van der Waals surface area (Å²) >= 11 is 1.52. The van der Waals surface area contributed by atoms with Gasteiger partial charge in [-0.2, -0.15) is 18.4 Å². The Labute approximate surface area is 220 Å². The van der Waals surface area contributed by atoms with E-state index in [4.69, 9.17) is 10.00 Å². The summed E-state index contributed by atoms with van der Waals surface area (Å²) in [6.45, 7) is 3.13. The van der Waals surface area contributed by atoms with Crippen LogP contribution in [0, 0.1) is 23.2 Å². The first-order chi connectivity index (χ1) is 17.9. The predicted octanol–water partition coefficient (Wildman–Crippen LogP) is 4.92. The smallest absolute Gasteiger partial charge is 0.359 e. The first kappa shape index (κ1) is 26.0. The van der Waals surface area contributed by atoms with Crippen LogP contribution < -0.4 is 10.2 Å². The minimum atomic E-state index is -4.82. The number of anilines is 2. The number of nitrogens with zero attached hydrogens (tertiary/aromatic N) is 2. The van der Waals surface area contributed by atoms with Crippen molar-refractivity contribution in [2.24, 2.45) is 11.8 Å². The quantitative estimate of drug-likeness (QED) is 0.317. The lowest BCUT2D eigenvalue weighted by molar-refractivity contribution is -0.138. The average molecular weight is 542 g/mol. The first-order valence-corrected chi connectivity index (χ1v) is 12.8.